The van der Waals surface area contributed by atoms with Gasteiger partial charge in [-0.1, -0.05) is 23.3 Å². The van der Waals surface area contributed by atoms with Crippen molar-refractivity contribution in [1.29, 1.82) is 0 Å². The van der Waals surface area contributed by atoms with Crippen molar-refractivity contribution in [3.63, 3.8) is 0 Å². The van der Waals surface area contributed by atoms with E-state index in [1.54, 1.807) is 36.4 Å². The van der Waals surface area contributed by atoms with Crippen LogP contribution in [0.2, 0.25) is 0 Å². The van der Waals surface area contributed by atoms with Gasteiger partial charge in [0, 0.05) is 5.56 Å². The van der Waals surface area contributed by atoms with E-state index in [1.807, 2.05) is 32.0 Å². The molecule has 0 unspecified atom stereocenters. The van der Waals surface area contributed by atoms with Crippen LogP contribution in [0.1, 0.15) is 24.2 Å². The minimum Gasteiger partial charge on any atom is -0.491 e. The predicted molar refractivity (Wildman–Crippen MR) is 101 cm³/mol. The Kier molecular flexibility index (Phi) is 6.01. The average Bonchev–Trinajstić information content (AvgIpc) is 3.15. The van der Waals surface area contributed by atoms with Gasteiger partial charge in [0.05, 0.1) is 11.7 Å². The topological polar surface area (TPSA) is 104 Å². The molecule has 0 fully saturated rings. The van der Waals surface area contributed by atoms with Crippen molar-refractivity contribution in [2.24, 2.45) is 0 Å². The number of ether oxygens (including phenoxy) is 2. The van der Waals surface area contributed by atoms with E-state index in [9.17, 15) is 9.59 Å². The van der Waals surface area contributed by atoms with Crippen LogP contribution in [0.15, 0.2) is 59.0 Å². The second-order valence-corrected chi connectivity index (χ2v) is 6.09. The number of rotatable bonds is 7. The standard InChI is InChI=1S/C20H19N3O5/c1-13(2)27-16-10-8-15(9-11-16)19(25)26-12-17(24)21-20-23-22-18(28-20)14-6-4-3-5-7-14/h3-11,13H,12H2,1-2H3,(H,21,23,24). The summed E-state index contributed by atoms with van der Waals surface area (Å²) in [7, 11) is 0. The Bertz CT molecular complexity index is 936. The van der Waals surface area contributed by atoms with Crippen molar-refractivity contribution in [1.82, 2.24) is 10.2 Å². The van der Waals surface area contributed by atoms with Crippen molar-refractivity contribution in [3.05, 3.63) is 60.2 Å². The van der Waals surface area contributed by atoms with Gasteiger partial charge in [0.2, 0.25) is 5.89 Å². The smallest absolute Gasteiger partial charge is 0.338 e. The van der Waals surface area contributed by atoms with Gasteiger partial charge in [-0.05, 0) is 50.2 Å². The van der Waals surface area contributed by atoms with E-state index in [4.69, 9.17) is 13.9 Å². The van der Waals surface area contributed by atoms with E-state index in [1.165, 1.54) is 0 Å². The van der Waals surface area contributed by atoms with Gasteiger partial charge in [-0.25, -0.2) is 4.79 Å². The van der Waals surface area contributed by atoms with E-state index in [-0.39, 0.29) is 18.0 Å². The maximum absolute atomic E-state index is 12.0. The van der Waals surface area contributed by atoms with Crippen LogP contribution in [-0.2, 0) is 9.53 Å². The van der Waals surface area contributed by atoms with E-state index < -0.39 is 18.5 Å². The molecule has 8 nitrogen and oxygen atoms in total. The van der Waals surface area contributed by atoms with Gasteiger partial charge in [-0.15, -0.1) is 5.10 Å². The lowest BCUT2D eigenvalue weighted by atomic mass is 10.2. The summed E-state index contributed by atoms with van der Waals surface area (Å²) in [5.41, 5.74) is 1.04. The van der Waals surface area contributed by atoms with Crippen LogP contribution in [0.5, 0.6) is 5.75 Å². The lowest BCUT2D eigenvalue weighted by molar-refractivity contribution is -0.119. The molecule has 0 saturated heterocycles. The second-order valence-electron chi connectivity index (χ2n) is 6.09. The summed E-state index contributed by atoms with van der Waals surface area (Å²) in [5.74, 6) is -0.287. The molecule has 3 aromatic rings. The van der Waals surface area contributed by atoms with E-state index in [0.717, 1.165) is 5.56 Å². The molecular weight excluding hydrogens is 362 g/mol. The molecule has 0 spiro atoms. The first kappa shape index (κ1) is 19.1. The highest BCUT2D eigenvalue weighted by Crippen LogP contribution is 2.19. The Morgan fingerprint density at radius 1 is 1.04 bits per heavy atom. The highest BCUT2D eigenvalue weighted by Gasteiger charge is 2.14. The Balaban J connectivity index is 1.50. The number of anilines is 1. The molecule has 8 heteroatoms. The number of nitrogens with one attached hydrogen (secondary N) is 1. The van der Waals surface area contributed by atoms with Crippen LogP contribution in [0.3, 0.4) is 0 Å². The van der Waals surface area contributed by atoms with E-state index in [0.29, 0.717) is 11.3 Å². The summed E-state index contributed by atoms with van der Waals surface area (Å²) in [6.07, 6.45) is 0.0357. The Morgan fingerprint density at radius 3 is 2.43 bits per heavy atom. The number of aromatic nitrogens is 2. The van der Waals surface area contributed by atoms with Gasteiger partial charge >= 0.3 is 12.0 Å². The maximum Gasteiger partial charge on any atom is 0.338 e. The molecule has 1 aromatic heterocycles. The molecule has 0 aliphatic heterocycles. The first-order valence-electron chi connectivity index (χ1n) is 8.64. The molecule has 1 N–H and O–H groups in total. The number of esters is 1. The molecule has 3 rings (SSSR count). The zero-order chi connectivity index (χ0) is 19.9. The van der Waals surface area contributed by atoms with Gasteiger partial charge in [0.15, 0.2) is 6.61 Å². The Morgan fingerprint density at radius 2 is 1.75 bits per heavy atom. The van der Waals surface area contributed by atoms with Crippen molar-refractivity contribution in [3.8, 4) is 17.2 Å². The van der Waals surface area contributed by atoms with Gasteiger partial charge in [0.1, 0.15) is 5.75 Å². The fourth-order valence-electron chi connectivity index (χ4n) is 2.28. The van der Waals surface area contributed by atoms with Crippen LogP contribution in [0.25, 0.3) is 11.5 Å². The Hall–Kier alpha value is -3.68. The number of carbonyl (C=O) groups is 2. The lowest BCUT2D eigenvalue weighted by Crippen LogP contribution is -2.21. The minimum absolute atomic E-state index is 0.0357. The maximum atomic E-state index is 12.0. The fourth-order valence-corrected chi connectivity index (χ4v) is 2.28. The summed E-state index contributed by atoms with van der Waals surface area (Å²) < 4.78 is 15.9. The predicted octanol–water partition coefficient (Wildman–Crippen LogP) is 3.32. The molecule has 0 radical (unpaired) electrons. The first-order valence-corrected chi connectivity index (χ1v) is 8.64. The molecule has 0 saturated carbocycles. The van der Waals surface area contributed by atoms with Crippen molar-refractivity contribution in [2.75, 3.05) is 11.9 Å². The van der Waals surface area contributed by atoms with Gasteiger partial charge in [-0.2, -0.15) is 0 Å². The SMILES string of the molecule is CC(C)Oc1ccc(C(=O)OCC(=O)Nc2nnc(-c3ccccc3)o2)cc1. The number of hydrogen-bond donors (Lipinski definition) is 1. The van der Waals surface area contributed by atoms with Crippen molar-refractivity contribution < 1.29 is 23.5 Å². The van der Waals surface area contributed by atoms with E-state index >= 15 is 0 Å². The molecular formula is C20H19N3O5. The number of carbonyl (C=O) groups excluding carboxylic acids is 2. The largest absolute Gasteiger partial charge is 0.491 e. The Labute approximate surface area is 161 Å². The van der Waals surface area contributed by atoms with Gasteiger partial charge in [0.25, 0.3) is 5.91 Å². The van der Waals surface area contributed by atoms with Crippen LogP contribution in [0.4, 0.5) is 6.01 Å². The summed E-state index contributed by atoms with van der Waals surface area (Å²) in [6.45, 7) is 3.34. The molecule has 0 atom stereocenters. The molecule has 144 valence electrons. The molecule has 28 heavy (non-hydrogen) atoms. The van der Waals surface area contributed by atoms with Gasteiger partial charge < -0.3 is 13.9 Å². The molecule has 0 aliphatic rings. The van der Waals surface area contributed by atoms with Crippen LogP contribution in [0, 0.1) is 0 Å². The first-order chi connectivity index (χ1) is 13.5. The summed E-state index contributed by atoms with van der Waals surface area (Å²) >= 11 is 0. The number of benzene rings is 2. The quantitative estimate of drug-likeness (QED) is 0.626. The molecule has 2 aromatic carbocycles. The lowest BCUT2D eigenvalue weighted by Gasteiger charge is -2.10. The molecule has 1 heterocycles. The summed E-state index contributed by atoms with van der Waals surface area (Å²) in [5, 5.41) is 10.0. The molecule has 1 amide bonds. The summed E-state index contributed by atoms with van der Waals surface area (Å²) in [4.78, 5) is 24.0. The van der Waals surface area contributed by atoms with Crippen LogP contribution >= 0.6 is 0 Å². The zero-order valence-electron chi connectivity index (χ0n) is 15.4. The third kappa shape index (κ3) is 5.16. The average molecular weight is 381 g/mol. The number of nitrogens with zero attached hydrogens (tertiary/aromatic N) is 2. The molecule has 0 aliphatic carbocycles. The van der Waals surface area contributed by atoms with E-state index in [2.05, 4.69) is 15.5 Å². The van der Waals surface area contributed by atoms with Crippen molar-refractivity contribution in [2.45, 2.75) is 20.0 Å². The normalized spacial score (nSPS) is 10.5. The molecule has 0 bridgehead atoms. The monoisotopic (exact) mass is 381 g/mol. The highest BCUT2D eigenvalue weighted by molar-refractivity contribution is 5.94. The summed E-state index contributed by atoms with van der Waals surface area (Å²) in [6, 6.07) is 15.5. The van der Waals surface area contributed by atoms with Crippen LogP contribution < -0.4 is 10.1 Å². The van der Waals surface area contributed by atoms with Crippen LogP contribution in [-0.4, -0.2) is 34.8 Å². The number of hydrogen-bond acceptors (Lipinski definition) is 7. The second kappa shape index (κ2) is 8.81. The van der Waals surface area contributed by atoms with Crippen molar-refractivity contribution >= 4 is 17.9 Å². The minimum atomic E-state index is -0.623. The fraction of sp³-hybridized carbons (Fsp3) is 0.200. The highest BCUT2D eigenvalue weighted by atomic mass is 16.5. The van der Waals surface area contributed by atoms with Gasteiger partial charge in [-0.3, -0.25) is 10.1 Å². The third-order valence-electron chi connectivity index (χ3n) is 3.49. The number of amides is 1. The zero-order valence-corrected chi connectivity index (χ0v) is 15.4. The third-order valence-corrected chi connectivity index (χ3v) is 3.49.